The molecule has 2 heterocycles. The third kappa shape index (κ3) is 8.25. The molecule has 2 aliphatic heterocycles. The molecule has 0 saturated heterocycles. The lowest BCUT2D eigenvalue weighted by atomic mass is 9.95. The molecule has 6 rings (SSSR count). The van der Waals surface area contributed by atoms with Crippen molar-refractivity contribution in [2.75, 3.05) is 43.4 Å². The van der Waals surface area contributed by atoms with Crippen molar-refractivity contribution in [2.24, 2.45) is 0 Å². The van der Waals surface area contributed by atoms with Crippen LogP contribution in [-0.2, 0) is 38.8 Å². The second-order valence-electron chi connectivity index (χ2n) is 12.1. The van der Waals surface area contributed by atoms with Crippen molar-refractivity contribution < 1.29 is 0 Å². The van der Waals surface area contributed by atoms with Crippen LogP contribution in [0.2, 0.25) is 0 Å². The quantitative estimate of drug-likeness (QED) is 0.161. The summed E-state index contributed by atoms with van der Waals surface area (Å²) in [5, 5.41) is 0. The number of aryl methyl sites for hydroxylation is 3. The maximum atomic E-state index is 6.25. The average Bonchev–Trinajstić information content (AvgIpc) is 3.04. The van der Waals surface area contributed by atoms with Crippen LogP contribution in [0, 0.1) is 6.92 Å². The summed E-state index contributed by atoms with van der Waals surface area (Å²) in [6.45, 7) is 8.49. The molecule has 4 aromatic carbocycles. The Balaban J connectivity index is 0.000000175. The number of nitrogens with zero attached hydrogens (tertiary/aromatic N) is 2. The number of halogens is 2. The summed E-state index contributed by atoms with van der Waals surface area (Å²) in [5.41, 5.74) is 30.1. The van der Waals surface area contributed by atoms with Crippen LogP contribution in [0.25, 0.3) is 0 Å². The fourth-order valence-electron chi connectivity index (χ4n) is 6.42. The molecule has 0 aliphatic carbocycles. The molecular formula is C37H45Br2N5. The molecule has 0 fully saturated rings. The van der Waals surface area contributed by atoms with Gasteiger partial charge in [-0.05, 0) is 110 Å². The highest BCUT2D eigenvalue weighted by molar-refractivity contribution is 9.10. The van der Waals surface area contributed by atoms with E-state index in [0.717, 1.165) is 80.8 Å². The van der Waals surface area contributed by atoms with Gasteiger partial charge >= 0.3 is 0 Å². The third-order valence-electron chi connectivity index (χ3n) is 9.00. The molecule has 0 aromatic heterocycles. The van der Waals surface area contributed by atoms with Gasteiger partial charge in [0, 0.05) is 40.8 Å². The molecule has 0 saturated carbocycles. The van der Waals surface area contributed by atoms with Crippen molar-refractivity contribution in [1.29, 1.82) is 0 Å². The standard InChI is InChI=1S/C19H23BrN2.C18H22BrN3/c1-14-12-18(20)17-13-22(11-9-16(17)19(14)21)10-5-8-15-6-3-2-4-7-15;19-16-11-17(20)18(21)14-8-10-22(12-15(14)16)9-4-7-13-5-2-1-3-6-13/h2-4,6-7,12H,5,8-11,13,21H2,1H3;1-3,5-6,11H,4,7-10,12,20-21H2. The number of anilines is 3. The Kier molecular flexibility index (Phi) is 11.4. The Morgan fingerprint density at radius 2 is 1.07 bits per heavy atom. The zero-order valence-electron chi connectivity index (χ0n) is 25.8. The first-order valence-corrected chi connectivity index (χ1v) is 17.3. The molecule has 0 amide bonds. The SMILES string of the molecule is Cc1cc(Br)c2c(c1N)CCN(CCCc1ccccc1)C2.Nc1cc(Br)c2c(c1N)CCN(CCCc1ccccc1)C2. The van der Waals surface area contributed by atoms with Crippen LogP contribution in [0.1, 0.15) is 51.8 Å². The predicted molar refractivity (Wildman–Crippen MR) is 194 cm³/mol. The Morgan fingerprint density at radius 3 is 1.57 bits per heavy atom. The monoisotopic (exact) mass is 717 g/mol. The van der Waals surface area contributed by atoms with E-state index in [-0.39, 0.29) is 0 Å². The van der Waals surface area contributed by atoms with Gasteiger partial charge in [0.05, 0.1) is 11.4 Å². The molecule has 0 unspecified atom stereocenters. The summed E-state index contributed by atoms with van der Waals surface area (Å²) in [6.07, 6.45) is 6.72. The van der Waals surface area contributed by atoms with Gasteiger partial charge in [0.25, 0.3) is 0 Å². The van der Waals surface area contributed by atoms with Crippen LogP contribution >= 0.6 is 31.9 Å². The number of hydrogen-bond acceptors (Lipinski definition) is 5. The van der Waals surface area contributed by atoms with Gasteiger partial charge in [-0.1, -0.05) is 92.5 Å². The molecule has 4 aromatic rings. The van der Waals surface area contributed by atoms with Crippen LogP contribution < -0.4 is 17.2 Å². The fraction of sp³-hybridized carbons (Fsp3) is 0.351. The van der Waals surface area contributed by atoms with Gasteiger partial charge in [-0.15, -0.1) is 0 Å². The minimum atomic E-state index is 0.683. The maximum absolute atomic E-state index is 6.25. The normalized spacial score (nSPS) is 14.8. The molecule has 5 nitrogen and oxygen atoms in total. The lowest BCUT2D eigenvalue weighted by Crippen LogP contribution is -2.32. The lowest BCUT2D eigenvalue weighted by molar-refractivity contribution is 0.251. The van der Waals surface area contributed by atoms with Crippen molar-refractivity contribution in [3.63, 3.8) is 0 Å². The van der Waals surface area contributed by atoms with E-state index in [9.17, 15) is 0 Å². The summed E-state index contributed by atoms with van der Waals surface area (Å²) in [4.78, 5) is 5.05. The molecule has 0 bridgehead atoms. The largest absolute Gasteiger partial charge is 0.398 e. The number of fused-ring (bicyclic) bond motifs is 2. The Bertz CT molecular complexity index is 1420. The van der Waals surface area contributed by atoms with Crippen LogP contribution in [0.15, 0.2) is 81.7 Å². The maximum Gasteiger partial charge on any atom is 0.0584 e. The lowest BCUT2D eigenvalue weighted by Gasteiger charge is -2.31. The number of rotatable bonds is 8. The van der Waals surface area contributed by atoms with Crippen LogP contribution in [0.4, 0.5) is 17.1 Å². The fourth-order valence-corrected chi connectivity index (χ4v) is 7.74. The first-order chi connectivity index (χ1) is 21.3. The van der Waals surface area contributed by atoms with Gasteiger partial charge in [0.2, 0.25) is 0 Å². The van der Waals surface area contributed by atoms with E-state index in [0.29, 0.717) is 5.69 Å². The van der Waals surface area contributed by atoms with E-state index in [1.807, 2.05) is 6.07 Å². The van der Waals surface area contributed by atoms with E-state index < -0.39 is 0 Å². The second kappa shape index (κ2) is 15.4. The molecule has 44 heavy (non-hydrogen) atoms. The molecule has 0 atom stereocenters. The molecule has 7 heteroatoms. The van der Waals surface area contributed by atoms with Gasteiger partial charge in [-0.3, -0.25) is 9.80 Å². The predicted octanol–water partition coefficient (Wildman–Crippen LogP) is 7.94. The van der Waals surface area contributed by atoms with Crippen molar-refractivity contribution in [2.45, 2.75) is 58.5 Å². The van der Waals surface area contributed by atoms with E-state index in [4.69, 9.17) is 17.2 Å². The Labute approximate surface area is 280 Å². The van der Waals surface area contributed by atoms with Gasteiger partial charge in [0.15, 0.2) is 0 Å². The van der Waals surface area contributed by atoms with E-state index in [2.05, 4.69) is 115 Å². The zero-order valence-corrected chi connectivity index (χ0v) is 29.0. The third-order valence-corrected chi connectivity index (χ3v) is 10.4. The molecular weight excluding hydrogens is 674 g/mol. The topological polar surface area (TPSA) is 84.5 Å². The van der Waals surface area contributed by atoms with Gasteiger partial charge in [0.1, 0.15) is 0 Å². The highest BCUT2D eigenvalue weighted by atomic mass is 79.9. The van der Waals surface area contributed by atoms with Crippen molar-refractivity contribution in [3.05, 3.63) is 121 Å². The van der Waals surface area contributed by atoms with E-state index in [1.54, 1.807) is 0 Å². The number of nitrogen functional groups attached to an aromatic ring is 3. The van der Waals surface area contributed by atoms with Crippen LogP contribution in [0.3, 0.4) is 0 Å². The first kappa shape index (κ1) is 32.6. The molecule has 232 valence electrons. The Morgan fingerprint density at radius 1 is 0.614 bits per heavy atom. The Hall–Kier alpha value is -2.84. The van der Waals surface area contributed by atoms with E-state index in [1.165, 1.54) is 56.3 Å². The number of nitrogens with two attached hydrogens (primary N) is 3. The first-order valence-electron chi connectivity index (χ1n) is 15.7. The molecule has 2 aliphatic rings. The highest BCUT2D eigenvalue weighted by Crippen LogP contribution is 2.35. The minimum absolute atomic E-state index is 0.683. The summed E-state index contributed by atoms with van der Waals surface area (Å²) in [6, 6.07) is 25.5. The summed E-state index contributed by atoms with van der Waals surface area (Å²) in [5.74, 6) is 0. The molecule has 0 radical (unpaired) electrons. The summed E-state index contributed by atoms with van der Waals surface area (Å²) >= 11 is 7.35. The smallest absolute Gasteiger partial charge is 0.0584 e. The molecule has 0 spiro atoms. The van der Waals surface area contributed by atoms with Gasteiger partial charge in [-0.2, -0.15) is 0 Å². The zero-order chi connectivity index (χ0) is 31.1. The van der Waals surface area contributed by atoms with Crippen molar-refractivity contribution in [1.82, 2.24) is 9.80 Å². The minimum Gasteiger partial charge on any atom is -0.398 e. The second-order valence-corrected chi connectivity index (χ2v) is 13.8. The molecule has 6 N–H and O–H groups in total. The van der Waals surface area contributed by atoms with Crippen molar-refractivity contribution in [3.8, 4) is 0 Å². The summed E-state index contributed by atoms with van der Waals surface area (Å²) in [7, 11) is 0. The average molecular weight is 720 g/mol. The summed E-state index contributed by atoms with van der Waals surface area (Å²) < 4.78 is 2.30. The van der Waals surface area contributed by atoms with Gasteiger partial charge < -0.3 is 17.2 Å². The van der Waals surface area contributed by atoms with Crippen LogP contribution in [0.5, 0.6) is 0 Å². The van der Waals surface area contributed by atoms with Gasteiger partial charge in [-0.25, -0.2) is 0 Å². The highest BCUT2D eigenvalue weighted by Gasteiger charge is 2.22. The van der Waals surface area contributed by atoms with Crippen LogP contribution in [-0.4, -0.2) is 36.0 Å². The number of hydrogen-bond donors (Lipinski definition) is 3. The van der Waals surface area contributed by atoms with Crippen molar-refractivity contribution >= 4 is 48.9 Å². The van der Waals surface area contributed by atoms with E-state index >= 15 is 0 Å². The number of benzene rings is 4.